The lowest BCUT2D eigenvalue weighted by molar-refractivity contribution is -0.135. The molecule has 7 nitrogen and oxygen atoms in total. The maximum atomic E-state index is 12.8. The van der Waals surface area contributed by atoms with E-state index in [-0.39, 0.29) is 23.5 Å². The number of amides is 1. The second-order valence-corrected chi connectivity index (χ2v) is 11.9. The fraction of sp³-hybridized carbons (Fsp3) is 0.345. The molecule has 4 rings (SSSR count). The fourth-order valence-electron chi connectivity index (χ4n) is 4.53. The highest BCUT2D eigenvalue weighted by atomic mass is 32.2. The molecule has 1 aliphatic rings. The third-order valence-electron chi connectivity index (χ3n) is 6.20. The van der Waals surface area contributed by atoms with Crippen LogP contribution in [0, 0.1) is 0 Å². The molecule has 0 unspecified atom stereocenters. The summed E-state index contributed by atoms with van der Waals surface area (Å²) in [6.07, 6.45) is 0. The summed E-state index contributed by atoms with van der Waals surface area (Å²) in [5.41, 5.74) is 1.90. The molecule has 1 heterocycles. The van der Waals surface area contributed by atoms with Crippen LogP contribution >= 0.6 is 0 Å². The highest BCUT2D eigenvalue weighted by molar-refractivity contribution is 7.89. The summed E-state index contributed by atoms with van der Waals surface area (Å²) in [4.78, 5) is 17.2. The zero-order valence-electron chi connectivity index (χ0n) is 21.6. The minimum Gasteiger partial charge on any atom is -0.484 e. The summed E-state index contributed by atoms with van der Waals surface area (Å²) in [6, 6.07) is 27.2. The second kappa shape index (κ2) is 11.5. The van der Waals surface area contributed by atoms with Crippen LogP contribution in [0.15, 0.2) is 89.8 Å². The lowest BCUT2D eigenvalue weighted by Gasteiger charge is -2.39. The molecule has 0 radical (unpaired) electrons. The van der Waals surface area contributed by atoms with Crippen LogP contribution in [0.2, 0.25) is 0 Å². The largest absolute Gasteiger partial charge is 0.484 e. The van der Waals surface area contributed by atoms with E-state index in [1.54, 1.807) is 32.9 Å². The maximum Gasteiger partial charge on any atom is 0.260 e. The number of hydrogen-bond donors (Lipinski definition) is 1. The van der Waals surface area contributed by atoms with Gasteiger partial charge >= 0.3 is 0 Å². The van der Waals surface area contributed by atoms with Crippen LogP contribution in [-0.2, 0) is 14.8 Å². The number of rotatable bonds is 8. The Morgan fingerprint density at radius 3 is 1.84 bits per heavy atom. The van der Waals surface area contributed by atoms with E-state index < -0.39 is 15.6 Å². The Kier molecular flexibility index (Phi) is 8.32. The number of piperazine rings is 1. The molecule has 1 saturated heterocycles. The van der Waals surface area contributed by atoms with Crippen molar-refractivity contribution in [3.05, 3.63) is 96.1 Å². The molecule has 0 atom stereocenters. The van der Waals surface area contributed by atoms with Crippen molar-refractivity contribution in [1.82, 2.24) is 14.5 Å². The first-order valence-corrected chi connectivity index (χ1v) is 14.0. The summed E-state index contributed by atoms with van der Waals surface area (Å²) < 4.78 is 33.2. The molecule has 0 aromatic heterocycles. The third kappa shape index (κ3) is 7.19. The quantitative estimate of drug-likeness (QED) is 0.483. The average Bonchev–Trinajstić information content (AvgIpc) is 2.88. The van der Waals surface area contributed by atoms with Gasteiger partial charge < -0.3 is 9.64 Å². The van der Waals surface area contributed by atoms with Crippen molar-refractivity contribution in [3.63, 3.8) is 0 Å². The molecule has 3 aromatic carbocycles. The van der Waals surface area contributed by atoms with Crippen LogP contribution in [-0.4, -0.2) is 62.4 Å². The Hall–Kier alpha value is -3.20. The maximum absolute atomic E-state index is 12.8. The van der Waals surface area contributed by atoms with E-state index in [1.165, 1.54) is 23.3 Å². The van der Waals surface area contributed by atoms with E-state index in [0.717, 1.165) is 13.1 Å². The molecule has 37 heavy (non-hydrogen) atoms. The molecular weight excluding hydrogens is 486 g/mol. The van der Waals surface area contributed by atoms with Gasteiger partial charge in [0.15, 0.2) is 6.61 Å². The van der Waals surface area contributed by atoms with Gasteiger partial charge in [-0.3, -0.25) is 9.69 Å². The van der Waals surface area contributed by atoms with Crippen LogP contribution in [0.25, 0.3) is 0 Å². The van der Waals surface area contributed by atoms with Crippen molar-refractivity contribution in [3.8, 4) is 5.75 Å². The van der Waals surface area contributed by atoms with E-state index in [1.807, 2.05) is 17.0 Å². The molecule has 0 spiro atoms. The topological polar surface area (TPSA) is 78.9 Å². The Morgan fingerprint density at radius 2 is 1.35 bits per heavy atom. The van der Waals surface area contributed by atoms with Crippen LogP contribution in [0.3, 0.4) is 0 Å². The lowest BCUT2D eigenvalue weighted by atomic mass is 9.96. The van der Waals surface area contributed by atoms with Crippen molar-refractivity contribution in [2.75, 3.05) is 32.8 Å². The molecule has 1 aliphatic heterocycles. The zero-order valence-corrected chi connectivity index (χ0v) is 22.4. The van der Waals surface area contributed by atoms with Crippen LogP contribution in [0.1, 0.15) is 37.9 Å². The highest BCUT2D eigenvalue weighted by Crippen LogP contribution is 2.29. The molecule has 0 saturated carbocycles. The minimum absolute atomic E-state index is 0.0817. The van der Waals surface area contributed by atoms with Gasteiger partial charge in [-0.05, 0) is 56.2 Å². The highest BCUT2D eigenvalue weighted by Gasteiger charge is 2.28. The fourth-order valence-corrected chi connectivity index (χ4v) is 5.95. The predicted octanol–water partition coefficient (Wildman–Crippen LogP) is 4.08. The first-order chi connectivity index (χ1) is 17.6. The Labute approximate surface area is 220 Å². The van der Waals surface area contributed by atoms with Crippen LogP contribution < -0.4 is 9.46 Å². The van der Waals surface area contributed by atoms with Gasteiger partial charge in [0.2, 0.25) is 10.0 Å². The predicted molar refractivity (Wildman–Crippen MR) is 145 cm³/mol. The van der Waals surface area contributed by atoms with Gasteiger partial charge in [0.25, 0.3) is 5.91 Å². The van der Waals surface area contributed by atoms with Crippen molar-refractivity contribution in [2.45, 2.75) is 37.2 Å². The second-order valence-electron chi connectivity index (χ2n) is 10.3. The molecule has 3 aromatic rings. The number of hydrogen-bond acceptors (Lipinski definition) is 5. The van der Waals surface area contributed by atoms with Crippen molar-refractivity contribution in [1.29, 1.82) is 0 Å². The SMILES string of the molecule is CC(C)(C)NS(=O)(=O)c1ccc(OCC(=O)N2CCN(C(c3ccccc3)c3ccccc3)CC2)cc1. The smallest absolute Gasteiger partial charge is 0.260 e. The molecule has 0 bridgehead atoms. The number of carbonyl (C=O) groups excluding carboxylic acids is 1. The summed E-state index contributed by atoms with van der Waals surface area (Å²) in [5, 5.41) is 0. The van der Waals surface area contributed by atoms with Crippen molar-refractivity contribution in [2.24, 2.45) is 0 Å². The van der Waals surface area contributed by atoms with Gasteiger partial charge in [-0.15, -0.1) is 0 Å². The van der Waals surface area contributed by atoms with E-state index in [2.05, 4.69) is 58.2 Å². The number of nitrogens with one attached hydrogen (secondary N) is 1. The molecule has 1 fully saturated rings. The van der Waals surface area contributed by atoms with Crippen LogP contribution in [0.5, 0.6) is 5.75 Å². The molecule has 196 valence electrons. The Bertz CT molecular complexity index is 1230. The Morgan fingerprint density at radius 1 is 0.838 bits per heavy atom. The van der Waals surface area contributed by atoms with Gasteiger partial charge in [-0.2, -0.15) is 0 Å². The molecular formula is C29H35N3O4S. The number of nitrogens with zero attached hydrogens (tertiary/aromatic N) is 2. The number of carbonyl (C=O) groups is 1. The number of benzene rings is 3. The van der Waals surface area contributed by atoms with Crippen molar-refractivity contribution < 1.29 is 17.9 Å². The lowest BCUT2D eigenvalue weighted by Crippen LogP contribution is -2.51. The Balaban J connectivity index is 1.33. The average molecular weight is 522 g/mol. The summed E-state index contributed by atoms with van der Waals surface area (Å²) in [7, 11) is -3.62. The zero-order chi connectivity index (χ0) is 26.5. The van der Waals surface area contributed by atoms with E-state index in [4.69, 9.17) is 4.74 Å². The third-order valence-corrected chi connectivity index (χ3v) is 7.97. The molecule has 8 heteroatoms. The first kappa shape index (κ1) is 26.9. The minimum atomic E-state index is -3.62. The molecule has 1 amide bonds. The number of ether oxygens (including phenoxy) is 1. The number of sulfonamides is 1. The van der Waals surface area contributed by atoms with Gasteiger partial charge in [0.05, 0.1) is 10.9 Å². The normalized spacial score (nSPS) is 15.1. The standard InChI is InChI=1S/C29H35N3O4S/c1-29(2,3)30-37(34,35)26-16-14-25(15-17-26)36-22-27(33)31-18-20-32(21-19-31)28(23-10-6-4-7-11-23)24-12-8-5-9-13-24/h4-17,28,30H,18-22H2,1-3H3. The van der Waals surface area contributed by atoms with Crippen molar-refractivity contribution >= 4 is 15.9 Å². The first-order valence-electron chi connectivity index (χ1n) is 12.5. The summed E-state index contributed by atoms with van der Waals surface area (Å²) >= 11 is 0. The van der Waals surface area contributed by atoms with E-state index in [9.17, 15) is 13.2 Å². The summed E-state index contributed by atoms with van der Waals surface area (Å²) in [6.45, 7) is 8.03. The van der Waals surface area contributed by atoms with E-state index in [0.29, 0.717) is 18.8 Å². The molecule has 1 N–H and O–H groups in total. The van der Waals surface area contributed by atoms with Gasteiger partial charge in [0, 0.05) is 31.7 Å². The summed E-state index contributed by atoms with van der Waals surface area (Å²) in [5.74, 6) is 0.372. The van der Waals surface area contributed by atoms with Gasteiger partial charge in [-0.1, -0.05) is 60.7 Å². The monoisotopic (exact) mass is 521 g/mol. The van der Waals surface area contributed by atoms with E-state index >= 15 is 0 Å². The van der Waals surface area contributed by atoms with Crippen LogP contribution in [0.4, 0.5) is 0 Å². The van der Waals surface area contributed by atoms with Gasteiger partial charge in [-0.25, -0.2) is 13.1 Å². The van der Waals surface area contributed by atoms with Gasteiger partial charge in [0.1, 0.15) is 5.75 Å². The molecule has 0 aliphatic carbocycles.